The average Bonchev–Trinajstić information content (AvgIpc) is 2.38. The van der Waals surface area contributed by atoms with Gasteiger partial charge in [0.15, 0.2) is 0 Å². The van der Waals surface area contributed by atoms with Gasteiger partial charge >= 0.3 is 0 Å². The zero-order valence-electron chi connectivity index (χ0n) is 13.0. The molecule has 1 fully saturated rings. The van der Waals surface area contributed by atoms with E-state index in [9.17, 15) is 4.39 Å². The van der Waals surface area contributed by atoms with Gasteiger partial charge in [0.25, 0.3) is 0 Å². The summed E-state index contributed by atoms with van der Waals surface area (Å²) in [5, 5.41) is 0. The molecular formula is C17H27FN2. The van der Waals surface area contributed by atoms with Crippen LogP contribution in [0.25, 0.3) is 0 Å². The monoisotopic (exact) mass is 278 g/mol. The Labute approximate surface area is 122 Å². The van der Waals surface area contributed by atoms with Crippen molar-refractivity contribution in [3.63, 3.8) is 0 Å². The van der Waals surface area contributed by atoms with Crippen molar-refractivity contribution < 1.29 is 4.39 Å². The predicted octanol–water partition coefficient (Wildman–Crippen LogP) is 3.73. The molecule has 0 unspecified atom stereocenters. The van der Waals surface area contributed by atoms with Gasteiger partial charge in [-0.1, -0.05) is 13.8 Å². The fraction of sp³-hybridized carbons (Fsp3) is 0.647. The number of nitrogens with two attached hydrogens (primary N) is 1. The molecule has 0 bridgehead atoms. The van der Waals surface area contributed by atoms with Gasteiger partial charge in [0.2, 0.25) is 0 Å². The van der Waals surface area contributed by atoms with Crippen LogP contribution in [0.4, 0.5) is 10.1 Å². The molecule has 112 valence electrons. The van der Waals surface area contributed by atoms with E-state index in [0.717, 1.165) is 17.7 Å². The standard InChI is InChI=1S/C17H27FN2/c1-17(2)9-6-15(7-10-17)20(3)16-5-4-14(18)12-13(16)8-11-19/h4-5,12,15H,6-11,19H2,1-3H3. The first kappa shape index (κ1) is 15.3. The highest BCUT2D eigenvalue weighted by Crippen LogP contribution is 2.38. The van der Waals surface area contributed by atoms with Gasteiger partial charge in [0.1, 0.15) is 5.82 Å². The van der Waals surface area contributed by atoms with E-state index in [0.29, 0.717) is 18.0 Å². The molecular weight excluding hydrogens is 251 g/mol. The van der Waals surface area contributed by atoms with E-state index in [4.69, 9.17) is 5.73 Å². The highest BCUT2D eigenvalue weighted by Gasteiger charge is 2.29. The summed E-state index contributed by atoms with van der Waals surface area (Å²) in [7, 11) is 2.14. The van der Waals surface area contributed by atoms with E-state index >= 15 is 0 Å². The third-order valence-electron chi connectivity index (χ3n) is 4.69. The molecule has 3 heteroatoms. The molecule has 1 aromatic carbocycles. The SMILES string of the molecule is CN(c1ccc(F)cc1CCN)C1CCC(C)(C)CC1. The van der Waals surface area contributed by atoms with Crippen LogP contribution in [-0.4, -0.2) is 19.6 Å². The van der Waals surface area contributed by atoms with Crippen LogP contribution in [0.1, 0.15) is 45.1 Å². The molecule has 2 rings (SSSR count). The second kappa shape index (κ2) is 6.13. The van der Waals surface area contributed by atoms with E-state index in [-0.39, 0.29) is 5.82 Å². The van der Waals surface area contributed by atoms with Crippen LogP contribution in [0.3, 0.4) is 0 Å². The van der Waals surface area contributed by atoms with E-state index < -0.39 is 0 Å². The molecule has 1 aliphatic carbocycles. The minimum absolute atomic E-state index is 0.171. The summed E-state index contributed by atoms with van der Waals surface area (Å²) in [6.07, 6.45) is 5.67. The Morgan fingerprint density at radius 3 is 2.55 bits per heavy atom. The minimum atomic E-state index is -0.171. The largest absolute Gasteiger partial charge is 0.371 e. The van der Waals surface area contributed by atoms with Crippen molar-refractivity contribution in [3.8, 4) is 0 Å². The first-order chi connectivity index (χ1) is 9.43. The molecule has 2 nitrogen and oxygen atoms in total. The van der Waals surface area contributed by atoms with Crippen LogP contribution in [-0.2, 0) is 6.42 Å². The van der Waals surface area contributed by atoms with Crippen molar-refractivity contribution in [2.24, 2.45) is 11.1 Å². The van der Waals surface area contributed by atoms with Gasteiger partial charge in [-0.2, -0.15) is 0 Å². The molecule has 0 saturated heterocycles. The number of halogens is 1. The molecule has 2 N–H and O–H groups in total. The topological polar surface area (TPSA) is 29.3 Å². The number of rotatable bonds is 4. The molecule has 0 spiro atoms. The molecule has 0 atom stereocenters. The van der Waals surface area contributed by atoms with Crippen LogP contribution in [0.15, 0.2) is 18.2 Å². The third-order valence-corrected chi connectivity index (χ3v) is 4.69. The molecule has 20 heavy (non-hydrogen) atoms. The summed E-state index contributed by atoms with van der Waals surface area (Å²) in [5.41, 5.74) is 8.29. The molecule has 1 saturated carbocycles. The maximum atomic E-state index is 13.4. The van der Waals surface area contributed by atoms with Crippen molar-refractivity contribution >= 4 is 5.69 Å². The van der Waals surface area contributed by atoms with Gasteiger partial charge in [0.05, 0.1) is 0 Å². The quantitative estimate of drug-likeness (QED) is 0.909. The lowest BCUT2D eigenvalue weighted by atomic mass is 9.75. The molecule has 0 aliphatic heterocycles. The van der Waals surface area contributed by atoms with E-state index in [1.165, 1.54) is 25.7 Å². The highest BCUT2D eigenvalue weighted by atomic mass is 19.1. The van der Waals surface area contributed by atoms with Gasteiger partial charge in [-0.15, -0.1) is 0 Å². The molecule has 1 aliphatic rings. The van der Waals surface area contributed by atoms with Crippen LogP contribution < -0.4 is 10.6 Å². The summed E-state index contributed by atoms with van der Waals surface area (Å²) >= 11 is 0. The van der Waals surface area contributed by atoms with Crippen LogP contribution in [0.2, 0.25) is 0 Å². The van der Waals surface area contributed by atoms with Gasteiger partial charge in [-0.3, -0.25) is 0 Å². The third kappa shape index (κ3) is 3.51. The fourth-order valence-corrected chi connectivity index (χ4v) is 3.22. The summed E-state index contributed by atoms with van der Waals surface area (Å²) < 4.78 is 13.4. The van der Waals surface area contributed by atoms with Crippen LogP contribution in [0, 0.1) is 11.2 Å². The summed E-state index contributed by atoms with van der Waals surface area (Å²) in [4.78, 5) is 2.33. The zero-order chi connectivity index (χ0) is 14.8. The lowest BCUT2D eigenvalue weighted by molar-refractivity contribution is 0.222. The number of anilines is 1. The summed E-state index contributed by atoms with van der Waals surface area (Å²) in [6, 6.07) is 5.65. The van der Waals surface area contributed by atoms with E-state index in [1.54, 1.807) is 12.1 Å². The zero-order valence-corrected chi connectivity index (χ0v) is 13.0. The maximum absolute atomic E-state index is 13.4. The normalized spacial score (nSPS) is 19.1. The Bertz CT molecular complexity index is 446. The van der Waals surface area contributed by atoms with E-state index in [1.807, 2.05) is 6.07 Å². The summed E-state index contributed by atoms with van der Waals surface area (Å²) in [5.74, 6) is -0.171. The molecule has 0 amide bonds. The Hall–Kier alpha value is -1.09. The van der Waals surface area contributed by atoms with Crippen LogP contribution in [0.5, 0.6) is 0 Å². The first-order valence-electron chi connectivity index (χ1n) is 7.64. The van der Waals surface area contributed by atoms with E-state index in [2.05, 4.69) is 25.8 Å². The lowest BCUT2D eigenvalue weighted by Gasteiger charge is -2.40. The highest BCUT2D eigenvalue weighted by molar-refractivity contribution is 5.54. The second-order valence-electron chi connectivity index (χ2n) is 6.82. The van der Waals surface area contributed by atoms with Crippen molar-refractivity contribution in [1.82, 2.24) is 0 Å². The number of nitrogens with zero attached hydrogens (tertiary/aromatic N) is 1. The van der Waals surface area contributed by atoms with Crippen molar-refractivity contribution in [3.05, 3.63) is 29.6 Å². The van der Waals surface area contributed by atoms with Crippen molar-refractivity contribution in [2.75, 3.05) is 18.5 Å². The Morgan fingerprint density at radius 1 is 1.30 bits per heavy atom. The Morgan fingerprint density at radius 2 is 1.95 bits per heavy atom. The molecule has 0 radical (unpaired) electrons. The summed E-state index contributed by atoms with van der Waals surface area (Å²) in [6.45, 7) is 5.25. The van der Waals surface area contributed by atoms with Gasteiger partial charge in [0, 0.05) is 18.8 Å². The average molecular weight is 278 g/mol. The minimum Gasteiger partial charge on any atom is -0.371 e. The lowest BCUT2D eigenvalue weighted by Crippen LogP contribution is -2.37. The second-order valence-corrected chi connectivity index (χ2v) is 6.82. The number of hydrogen-bond acceptors (Lipinski definition) is 2. The maximum Gasteiger partial charge on any atom is 0.123 e. The fourth-order valence-electron chi connectivity index (χ4n) is 3.22. The van der Waals surface area contributed by atoms with Gasteiger partial charge in [-0.25, -0.2) is 4.39 Å². The molecule has 0 heterocycles. The number of benzene rings is 1. The Kier molecular flexibility index (Phi) is 4.69. The Balaban J connectivity index is 2.14. The smallest absolute Gasteiger partial charge is 0.123 e. The van der Waals surface area contributed by atoms with Crippen molar-refractivity contribution in [1.29, 1.82) is 0 Å². The molecule has 1 aromatic rings. The van der Waals surface area contributed by atoms with Gasteiger partial charge < -0.3 is 10.6 Å². The van der Waals surface area contributed by atoms with Crippen molar-refractivity contribution in [2.45, 2.75) is 52.0 Å². The number of hydrogen-bond donors (Lipinski definition) is 1. The molecule has 0 aromatic heterocycles. The van der Waals surface area contributed by atoms with Crippen LogP contribution >= 0.6 is 0 Å². The first-order valence-corrected chi connectivity index (χ1v) is 7.64. The van der Waals surface area contributed by atoms with Gasteiger partial charge in [-0.05, 0) is 67.8 Å². The predicted molar refractivity (Wildman–Crippen MR) is 83.6 cm³/mol.